The molecule has 5 heteroatoms. The number of benzene rings is 1. The second-order valence-electron chi connectivity index (χ2n) is 4.09. The summed E-state index contributed by atoms with van der Waals surface area (Å²) in [5, 5.41) is 6.02. The third kappa shape index (κ3) is 5.07. The van der Waals surface area contributed by atoms with E-state index in [2.05, 4.69) is 10.6 Å². The summed E-state index contributed by atoms with van der Waals surface area (Å²) in [6.07, 6.45) is 1.39. The van der Waals surface area contributed by atoms with E-state index in [0.717, 1.165) is 24.4 Å². The molecule has 0 saturated heterocycles. The fourth-order valence-corrected chi connectivity index (χ4v) is 1.61. The van der Waals surface area contributed by atoms with Crippen molar-refractivity contribution in [2.75, 3.05) is 32.6 Å². The van der Waals surface area contributed by atoms with Gasteiger partial charge in [-0.05, 0) is 18.6 Å². The van der Waals surface area contributed by atoms with Gasteiger partial charge >= 0.3 is 0 Å². The average molecular weight is 266 g/mol. The molecule has 19 heavy (non-hydrogen) atoms. The van der Waals surface area contributed by atoms with E-state index in [1.54, 1.807) is 20.3 Å². The fraction of sp³-hybridized carbons (Fsp3) is 0.500. The predicted octanol–water partition coefficient (Wildman–Crippen LogP) is 2.03. The number of methoxy groups -OCH3 is 2. The minimum Gasteiger partial charge on any atom is -0.497 e. The number of nitrogens with one attached hydrogen (secondary N) is 2. The summed E-state index contributed by atoms with van der Waals surface area (Å²) in [7, 11) is 3.22. The van der Waals surface area contributed by atoms with Crippen LogP contribution in [0.15, 0.2) is 18.2 Å². The Morgan fingerprint density at radius 2 is 2.00 bits per heavy atom. The molecule has 0 atom stereocenters. The van der Waals surface area contributed by atoms with Crippen LogP contribution < -0.4 is 20.1 Å². The first-order valence-electron chi connectivity index (χ1n) is 6.43. The Bertz CT molecular complexity index is 408. The van der Waals surface area contributed by atoms with Gasteiger partial charge in [-0.1, -0.05) is 6.92 Å². The Balaban J connectivity index is 2.46. The van der Waals surface area contributed by atoms with Crippen molar-refractivity contribution in [2.45, 2.75) is 19.8 Å². The molecule has 0 aliphatic rings. The monoisotopic (exact) mass is 266 g/mol. The van der Waals surface area contributed by atoms with E-state index in [1.165, 1.54) is 0 Å². The Labute approximate surface area is 114 Å². The number of anilines is 1. The second-order valence-corrected chi connectivity index (χ2v) is 4.09. The Hall–Kier alpha value is -1.91. The zero-order chi connectivity index (χ0) is 14.1. The summed E-state index contributed by atoms with van der Waals surface area (Å²) in [5.41, 5.74) is 0.853. The highest BCUT2D eigenvalue weighted by atomic mass is 16.5. The van der Waals surface area contributed by atoms with Gasteiger partial charge in [0, 0.05) is 25.6 Å². The summed E-state index contributed by atoms with van der Waals surface area (Å²) in [4.78, 5) is 11.4. The molecule has 2 N–H and O–H groups in total. The van der Waals surface area contributed by atoms with Crippen LogP contribution in [0.5, 0.6) is 11.5 Å². The molecule has 0 bridgehead atoms. The molecule has 1 aromatic rings. The average Bonchev–Trinajstić information content (AvgIpc) is 2.45. The van der Waals surface area contributed by atoms with Gasteiger partial charge in [0.15, 0.2) is 0 Å². The maximum absolute atomic E-state index is 11.4. The summed E-state index contributed by atoms with van der Waals surface area (Å²) in [6, 6.07) is 5.53. The Kier molecular flexibility index (Phi) is 6.57. The lowest BCUT2D eigenvalue weighted by atomic mass is 10.2. The van der Waals surface area contributed by atoms with E-state index in [-0.39, 0.29) is 5.91 Å². The van der Waals surface area contributed by atoms with Crippen molar-refractivity contribution in [1.82, 2.24) is 5.32 Å². The molecule has 0 aliphatic heterocycles. The third-order valence-electron chi connectivity index (χ3n) is 2.65. The molecular formula is C14H22N2O3. The first kappa shape index (κ1) is 15.1. The highest BCUT2D eigenvalue weighted by Gasteiger charge is 2.05. The van der Waals surface area contributed by atoms with Crippen LogP contribution >= 0.6 is 0 Å². The molecule has 0 aliphatic carbocycles. The van der Waals surface area contributed by atoms with Gasteiger partial charge in [-0.2, -0.15) is 0 Å². The number of carbonyl (C=O) groups is 1. The molecule has 0 saturated carbocycles. The zero-order valence-electron chi connectivity index (χ0n) is 11.8. The van der Waals surface area contributed by atoms with Crippen LogP contribution in [-0.4, -0.2) is 33.2 Å². The van der Waals surface area contributed by atoms with Crippen LogP contribution in [0.2, 0.25) is 0 Å². The zero-order valence-corrected chi connectivity index (χ0v) is 11.8. The SMILES string of the molecule is CCCNC(=O)CCNc1ccc(OC)cc1OC. The molecular weight excluding hydrogens is 244 g/mol. The van der Waals surface area contributed by atoms with Gasteiger partial charge in [0.05, 0.1) is 19.9 Å². The molecule has 1 amide bonds. The number of carbonyl (C=O) groups excluding carboxylic acids is 1. The lowest BCUT2D eigenvalue weighted by Gasteiger charge is -2.12. The lowest BCUT2D eigenvalue weighted by molar-refractivity contribution is -0.120. The molecule has 5 nitrogen and oxygen atoms in total. The highest BCUT2D eigenvalue weighted by Crippen LogP contribution is 2.28. The predicted molar refractivity (Wildman–Crippen MR) is 76.0 cm³/mol. The van der Waals surface area contributed by atoms with Crippen molar-refractivity contribution in [1.29, 1.82) is 0 Å². The number of hydrogen-bond donors (Lipinski definition) is 2. The summed E-state index contributed by atoms with van der Waals surface area (Å²) in [5.74, 6) is 1.50. The van der Waals surface area contributed by atoms with Crippen LogP contribution in [0.4, 0.5) is 5.69 Å². The number of amides is 1. The molecule has 1 rings (SSSR count). The van der Waals surface area contributed by atoms with Gasteiger partial charge in [-0.25, -0.2) is 0 Å². The topological polar surface area (TPSA) is 59.6 Å². The molecule has 0 unspecified atom stereocenters. The number of hydrogen-bond acceptors (Lipinski definition) is 4. The van der Waals surface area contributed by atoms with Crippen molar-refractivity contribution in [3.8, 4) is 11.5 Å². The van der Waals surface area contributed by atoms with Gasteiger partial charge in [0.25, 0.3) is 0 Å². The minimum atomic E-state index is 0.0572. The van der Waals surface area contributed by atoms with Crippen molar-refractivity contribution < 1.29 is 14.3 Å². The van der Waals surface area contributed by atoms with Gasteiger partial charge in [0.2, 0.25) is 5.91 Å². The first-order valence-corrected chi connectivity index (χ1v) is 6.43. The minimum absolute atomic E-state index is 0.0572. The van der Waals surface area contributed by atoms with Crippen molar-refractivity contribution in [3.05, 3.63) is 18.2 Å². The van der Waals surface area contributed by atoms with Gasteiger partial charge in [-0.3, -0.25) is 4.79 Å². The summed E-state index contributed by atoms with van der Waals surface area (Å²) < 4.78 is 10.4. The molecule has 0 fully saturated rings. The Morgan fingerprint density at radius 1 is 1.21 bits per heavy atom. The van der Waals surface area contributed by atoms with Crippen LogP contribution in [0.1, 0.15) is 19.8 Å². The van der Waals surface area contributed by atoms with Crippen molar-refractivity contribution in [2.24, 2.45) is 0 Å². The lowest BCUT2D eigenvalue weighted by Crippen LogP contribution is -2.25. The third-order valence-corrected chi connectivity index (χ3v) is 2.65. The Morgan fingerprint density at radius 3 is 2.63 bits per heavy atom. The summed E-state index contributed by atoms with van der Waals surface area (Å²) >= 11 is 0. The normalized spacial score (nSPS) is 9.84. The van der Waals surface area contributed by atoms with E-state index in [9.17, 15) is 4.79 Å². The molecule has 0 heterocycles. The van der Waals surface area contributed by atoms with Crippen LogP contribution in [0, 0.1) is 0 Å². The van der Waals surface area contributed by atoms with E-state index < -0.39 is 0 Å². The largest absolute Gasteiger partial charge is 0.497 e. The number of rotatable bonds is 8. The van der Waals surface area contributed by atoms with Crippen molar-refractivity contribution >= 4 is 11.6 Å². The molecule has 0 radical (unpaired) electrons. The maximum atomic E-state index is 11.4. The molecule has 1 aromatic carbocycles. The highest BCUT2D eigenvalue weighted by molar-refractivity contribution is 5.76. The number of ether oxygens (including phenoxy) is 2. The van der Waals surface area contributed by atoms with Crippen LogP contribution in [0.3, 0.4) is 0 Å². The van der Waals surface area contributed by atoms with Crippen LogP contribution in [0.25, 0.3) is 0 Å². The summed E-state index contributed by atoms with van der Waals surface area (Å²) in [6.45, 7) is 3.32. The van der Waals surface area contributed by atoms with E-state index >= 15 is 0 Å². The van der Waals surface area contributed by atoms with E-state index in [4.69, 9.17) is 9.47 Å². The van der Waals surface area contributed by atoms with Gasteiger partial charge < -0.3 is 20.1 Å². The second kappa shape index (κ2) is 8.24. The molecule has 0 spiro atoms. The molecule has 106 valence electrons. The quantitative estimate of drug-likeness (QED) is 0.756. The fourth-order valence-electron chi connectivity index (χ4n) is 1.61. The molecule has 0 aromatic heterocycles. The van der Waals surface area contributed by atoms with E-state index in [0.29, 0.717) is 18.7 Å². The smallest absolute Gasteiger partial charge is 0.221 e. The van der Waals surface area contributed by atoms with Gasteiger partial charge in [0.1, 0.15) is 11.5 Å². The first-order chi connectivity index (χ1) is 9.21. The van der Waals surface area contributed by atoms with Crippen LogP contribution in [-0.2, 0) is 4.79 Å². The maximum Gasteiger partial charge on any atom is 0.221 e. The van der Waals surface area contributed by atoms with E-state index in [1.807, 2.05) is 19.1 Å². The van der Waals surface area contributed by atoms with Gasteiger partial charge in [-0.15, -0.1) is 0 Å². The van der Waals surface area contributed by atoms with Crippen molar-refractivity contribution in [3.63, 3.8) is 0 Å². The standard InChI is InChI=1S/C14H22N2O3/c1-4-8-16-14(17)7-9-15-12-6-5-11(18-2)10-13(12)19-3/h5-6,10,15H,4,7-9H2,1-3H3,(H,16,17).